The Kier molecular flexibility index (Phi) is 4.21. The van der Waals surface area contributed by atoms with Crippen LogP contribution in [0.5, 0.6) is 0 Å². The number of aryl methyl sites for hydroxylation is 2. The van der Waals surface area contributed by atoms with E-state index in [1.54, 1.807) is 23.1 Å². The van der Waals surface area contributed by atoms with Crippen LogP contribution >= 0.6 is 0 Å². The molecule has 0 saturated carbocycles. The number of nitrogens with one attached hydrogen (secondary N) is 1. The highest BCUT2D eigenvalue weighted by Gasteiger charge is 2.39. The van der Waals surface area contributed by atoms with Crippen LogP contribution in [0.3, 0.4) is 0 Å². The molecule has 3 aromatic rings. The van der Waals surface area contributed by atoms with Crippen molar-refractivity contribution in [2.45, 2.75) is 19.9 Å². The van der Waals surface area contributed by atoms with Crippen LogP contribution in [0.15, 0.2) is 47.8 Å². The molecular weight excluding hydrogens is 366 g/mol. The molecule has 0 aliphatic carbocycles. The van der Waals surface area contributed by atoms with Crippen LogP contribution < -0.4 is 10.2 Å². The van der Waals surface area contributed by atoms with Gasteiger partial charge in [-0.2, -0.15) is 0 Å². The van der Waals surface area contributed by atoms with Crippen molar-refractivity contribution in [2.24, 2.45) is 0 Å². The second-order valence-corrected chi connectivity index (χ2v) is 7.45. The van der Waals surface area contributed by atoms with Crippen molar-refractivity contribution < 1.29 is 4.79 Å². The minimum atomic E-state index is -0.0808. The number of nitrogens with zero attached hydrogens (tertiary/aromatic N) is 6. The quantitative estimate of drug-likeness (QED) is 0.541. The monoisotopic (exact) mass is 387 g/mol. The lowest BCUT2D eigenvalue weighted by atomic mass is 10.0. The SMILES string of the molecule is Cc1cc(C)nc(C2C3=C(CNC3)CN2c2cccc(C=O)c2-n2ccnn2)n1. The van der Waals surface area contributed by atoms with Gasteiger partial charge in [0.1, 0.15) is 11.7 Å². The molecule has 2 aromatic heterocycles. The third-order valence-electron chi connectivity index (χ3n) is 5.49. The van der Waals surface area contributed by atoms with Gasteiger partial charge < -0.3 is 10.2 Å². The van der Waals surface area contributed by atoms with Gasteiger partial charge in [-0.3, -0.25) is 4.79 Å². The van der Waals surface area contributed by atoms with Crippen molar-refractivity contribution in [2.75, 3.05) is 24.5 Å². The fourth-order valence-corrected chi connectivity index (χ4v) is 4.37. The zero-order valence-electron chi connectivity index (χ0n) is 16.3. The molecule has 8 heteroatoms. The minimum Gasteiger partial charge on any atom is -0.352 e. The lowest BCUT2D eigenvalue weighted by Gasteiger charge is -2.31. The van der Waals surface area contributed by atoms with E-state index in [9.17, 15) is 4.79 Å². The molecule has 1 unspecified atom stereocenters. The van der Waals surface area contributed by atoms with E-state index >= 15 is 0 Å². The smallest absolute Gasteiger partial charge is 0.155 e. The number of carbonyl (C=O) groups excluding carboxylic acids is 1. The number of hydrogen-bond acceptors (Lipinski definition) is 7. The molecule has 1 aromatic carbocycles. The molecular formula is C21H21N7O. The number of rotatable bonds is 4. The van der Waals surface area contributed by atoms with Crippen LogP contribution in [-0.4, -0.2) is 50.9 Å². The Balaban J connectivity index is 1.69. The summed E-state index contributed by atoms with van der Waals surface area (Å²) in [5, 5.41) is 11.5. The van der Waals surface area contributed by atoms with E-state index in [0.717, 1.165) is 54.5 Å². The molecule has 0 spiro atoms. The summed E-state index contributed by atoms with van der Waals surface area (Å²) in [4.78, 5) is 23.6. The van der Waals surface area contributed by atoms with E-state index < -0.39 is 0 Å². The maximum absolute atomic E-state index is 11.8. The van der Waals surface area contributed by atoms with Crippen molar-refractivity contribution in [1.29, 1.82) is 0 Å². The molecule has 8 nitrogen and oxygen atoms in total. The lowest BCUT2D eigenvalue weighted by Crippen LogP contribution is -2.32. The summed E-state index contributed by atoms with van der Waals surface area (Å²) >= 11 is 0. The maximum atomic E-state index is 11.8. The van der Waals surface area contributed by atoms with Crippen LogP contribution in [0.1, 0.15) is 33.6 Å². The van der Waals surface area contributed by atoms with Gasteiger partial charge in [-0.15, -0.1) is 5.10 Å². The summed E-state index contributed by atoms with van der Waals surface area (Å²) < 4.78 is 1.65. The third-order valence-corrected chi connectivity index (χ3v) is 5.49. The van der Waals surface area contributed by atoms with E-state index in [-0.39, 0.29) is 6.04 Å². The fourth-order valence-electron chi connectivity index (χ4n) is 4.37. The van der Waals surface area contributed by atoms with E-state index in [2.05, 4.69) is 20.5 Å². The van der Waals surface area contributed by atoms with Gasteiger partial charge in [-0.25, -0.2) is 14.6 Å². The predicted molar refractivity (Wildman–Crippen MR) is 108 cm³/mol. The van der Waals surface area contributed by atoms with E-state index in [0.29, 0.717) is 5.56 Å². The van der Waals surface area contributed by atoms with Crippen LogP contribution in [0, 0.1) is 13.8 Å². The molecule has 1 N–H and O–H groups in total. The van der Waals surface area contributed by atoms with Gasteiger partial charge in [-0.05, 0) is 43.2 Å². The number of aromatic nitrogens is 5. The van der Waals surface area contributed by atoms with Crippen molar-refractivity contribution in [3.8, 4) is 5.69 Å². The molecule has 0 bridgehead atoms. The summed E-state index contributed by atoms with van der Waals surface area (Å²) in [7, 11) is 0. The van der Waals surface area contributed by atoms with Crippen LogP contribution in [-0.2, 0) is 0 Å². The number of benzene rings is 1. The largest absolute Gasteiger partial charge is 0.352 e. The van der Waals surface area contributed by atoms with Crippen molar-refractivity contribution in [3.63, 3.8) is 0 Å². The predicted octanol–water partition coefficient (Wildman–Crippen LogP) is 1.95. The summed E-state index contributed by atoms with van der Waals surface area (Å²) in [6.07, 6.45) is 4.23. The van der Waals surface area contributed by atoms with Gasteiger partial charge >= 0.3 is 0 Å². The number of carbonyl (C=O) groups is 1. The summed E-state index contributed by atoms with van der Waals surface area (Å²) in [5.74, 6) is 0.789. The third kappa shape index (κ3) is 2.92. The fraction of sp³-hybridized carbons (Fsp3) is 0.286. The van der Waals surface area contributed by atoms with Crippen LogP contribution in [0.2, 0.25) is 0 Å². The highest BCUT2D eigenvalue weighted by molar-refractivity contribution is 5.86. The highest BCUT2D eigenvalue weighted by Crippen LogP contribution is 2.42. The second kappa shape index (κ2) is 6.89. The normalized spacial score (nSPS) is 18.4. The number of hydrogen-bond donors (Lipinski definition) is 1. The summed E-state index contributed by atoms with van der Waals surface area (Å²) in [6.45, 7) is 6.42. The summed E-state index contributed by atoms with van der Waals surface area (Å²) in [6, 6.07) is 7.63. The molecule has 4 heterocycles. The Morgan fingerprint density at radius 3 is 2.72 bits per heavy atom. The number of para-hydroxylation sites is 1. The number of anilines is 1. The first-order valence-electron chi connectivity index (χ1n) is 9.61. The Morgan fingerprint density at radius 1 is 1.17 bits per heavy atom. The lowest BCUT2D eigenvalue weighted by molar-refractivity contribution is 0.112. The van der Waals surface area contributed by atoms with Gasteiger partial charge in [0.25, 0.3) is 0 Å². The molecule has 0 radical (unpaired) electrons. The molecule has 0 saturated heterocycles. The second-order valence-electron chi connectivity index (χ2n) is 7.45. The molecule has 2 aliphatic rings. The topological polar surface area (TPSA) is 88.8 Å². The highest BCUT2D eigenvalue weighted by atomic mass is 16.1. The van der Waals surface area contributed by atoms with Crippen molar-refractivity contribution >= 4 is 12.0 Å². The number of aldehydes is 1. The van der Waals surface area contributed by atoms with Gasteiger partial charge in [0.05, 0.1) is 18.1 Å². The van der Waals surface area contributed by atoms with E-state index in [1.807, 2.05) is 32.0 Å². The Bertz CT molecular complexity index is 1100. The summed E-state index contributed by atoms with van der Waals surface area (Å²) in [5.41, 5.74) is 6.79. The van der Waals surface area contributed by atoms with E-state index in [4.69, 9.17) is 9.97 Å². The zero-order chi connectivity index (χ0) is 20.0. The molecule has 29 heavy (non-hydrogen) atoms. The van der Waals surface area contributed by atoms with E-state index in [1.165, 1.54) is 11.1 Å². The molecule has 5 rings (SSSR count). The molecule has 1 atom stereocenters. The average Bonchev–Trinajstić information content (AvgIpc) is 3.43. The first-order valence-corrected chi connectivity index (χ1v) is 9.61. The van der Waals surface area contributed by atoms with Crippen LogP contribution in [0.25, 0.3) is 5.69 Å². The standard InChI is InChI=1S/C21H21N7O/c1-13-8-14(2)25-21(24-13)20-17-10-22-9-16(17)11-27(20)18-5-3-4-15(12-29)19(18)28-7-6-23-26-28/h3-8,12,20,22H,9-11H2,1-2H3. The molecule has 146 valence electrons. The molecule has 0 fully saturated rings. The minimum absolute atomic E-state index is 0.0808. The van der Waals surface area contributed by atoms with Gasteiger partial charge in [-0.1, -0.05) is 11.3 Å². The van der Waals surface area contributed by atoms with Crippen molar-refractivity contribution in [3.05, 3.63) is 70.6 Å². The first-order chi connectivity index (χ1) is 14.2. The van der Waals surface area contributed by atoms with Gasteiger partial charge in [0.2, 0.25) is 0 Å². The van der Waals surface area contributed by atoms with Crippen molar-refractivity contribution in [1.82, 2.24) is 30.3 Å². The Labute approximate surface area is 168 Å². The first kappa shape index (κ1) is 17.7. The average molecular weight is 387 g/mol. The Morgan fingerprint density at radius 2 is 2.00 bits per heavy atom. The molecule has 0 amide bonds. The van der Waals surface area contributed by atoms with Crippen LogP contribution in [0.4, 0.5) is 5.69 Å². The zero-order valence-corrected chi connectivity index (χ0v) is 16.3. The Hall–Kier alpha value is -3.39. The maximum Gasteiger partial charge on any atom is 0.155 e. The van der Waals surface area contributed by atoms with Gasteiger partial charge in [0, 0.05) is 36.6 Å². The van der Waals surface area contributed by atoms with Gasteiger partial charge in [0.15, 0.2) is 12.1 Å². The molecule has 2 aliphatic heterocycles.